The van der Waals surface area contributed by atoms with Gasteiger partial charge in [-0.25, -0.2) is 12.2 Å². The van der Waals surface area contributed by atoms with Gasteiger partial charge in [0, 0.05) is 6.92 Å². The predicted molar refractivity (Wildman–Crippen MR) is 41.3 cm³/mol. The summed E-state index contributed by atoms with van der Waals surface area (Å²) in [6, 6.07) is 0. The van der Waals surface area contributed by atoms with Crippen LogP contribution < -0.4 is 0 Å². The van der Waals surface area contributed by atoms with Gasteiger partial charge in [0.2, 0.25) is 0 Å². The molecule has 3 heteroatoms. The third-order valence-corrected chi connectivity index (χ3v) is 0.586. The van der Waals surface area contributed by atoms with E-state index in [9.17, 15) is 0 Å². The average Bonchev–Trinajstić information content (AvgIpc) is 2.11. The molecule has 0 aromatic rings. The molecular weight excluding hydrogens is 183 g/mol. The van der Waals surface area contributed by atoms with E-state index in [1.807, 2.05) is 12.2 Å². The summed E-state index contributed by atoms with van der Waals surface area (Å²) < 4.78 is 0. The minimum atomic E-state index is -0.833. The van der Waals surface area contributed by atoms with Gasteiger partial charge < -0.3 is 12.5 Å². The Morgan fingerprint density at radius 2 is 2.09 bits per heavy atom. The molecule has 0 bridgehead atoms. The summed E-state index contributed by atoms with van der Waals surface area (Å²) in [5, 5.41) is 7.42. The van der Waals surface area contributed by atoms with Crippen LogP contribution in [0, 0.1) is 13.5 Å². The van der Waals surface area contributed by atoms with E-state index in [0.717, 1.165) is 13.3 Å². The second-order valence-corrected chi connectivity index (χ2v) is 1.52. The van der Waals surface area contributed by atoms with Crippen LogP contribution in [-0.2, 0) is 21.9 Å². The predicted octanol–water partition coefficient (Wildman–Crippen LogP) is 1.84. The van der Waals surface area contributed by atoms with Crippen LogP contribution in [0.4, 0.5) is 0 Å². The Morgan fingerprint density at radius 3 is 2.18 bits per heavy atom. The number of hydrogen-bond donors (Lipinski definition) is 1. The molecule has 0 aromatic carbocycles. The van der Waals surface area contributed by atoms with Crippen LogP contribution in [0.5, 0.6) is 0 Å². The van der Waals surface area contributed by atoms with Gasteiger partial charge in [-0.1, -0.05) is 0 Å². The van der Waals surface area contributed by atoms with E-state index in [4.69, 9.17) is 9.90 Å². The van der Waals surface area contributed by atoms with Gasteiger partial charge in [-0.3, -0.25) is 10.9 Å². The maximum Gasteiger partial charge on any atom is 2.00 e. The van der Waals surface area contributed by atoms with Crippen molar-refractivity contribution < 1.29 is 27.0 Å². The molecule has 63 valence electrons. The summed E-state index contributed by atoms with van der Waals surface area (Å²) in [5.74, 6) is -0.833. The smallest absolute Gasteiger partial charge is 0.481 e. The number of aliphatic carboxylic acids is 1. The van der Waals surface area contributed by atoms with Crippen molar-refractivity contribution in [3.63, 3.8) is 0 Å². The van der Waals surface area contributed by atoms with Crippen molar-refractivity contribution in [3.8, 4) is 0 Å². The van der Waals surface area contributed by atoms with Crippen molar-refractivity contribution in [3.05, 3.63) is 31.7 Å². The zero-order valence-corrected chi connectivity index (χ0v) is 7.85. The van der Waals surface area contributed by atoms with Crippen molar-refractivity contribution in [2.75, 3.05) is 0 Å². The number of carbonyl (C=O) groups is 1. The number of hydrogen-bond acceptors (Lipinski definition) is 1. The van der Waals surface area contributed by atoms with E-state index in [0.29, 0.717) is 0 Å². The molecule has 0 aliphatic heterocycles. The monoisotopic (exact) mass is 195 g/mol. The fraction of sp³-hybridized carbons (Fsp3) is 0.250. The molecule has 1 aliphatic carbocycles. The quantitative estimate of drug-likeness (QED) is 0.473. The zero-order chi connectivity index (χ0) is 7.11. The van der Waals surface area contributed by atoms with Gasteiger partial charge in [-0.15, -0.1) is 6.42 Å². The van der Waals surface area contributed by atoms with E-state index >= 15 is 0 Å². The summed E-state index contributed by atoms with van der Waals surface area (Å²) in [7, 11) is 0. The molecule has 1 radical (unpaired) electrons. The molecule has 2 nitrogen and oxygen atoms in total. The third kappa shape index (κ3) is 26.4. The summed E-state index contributed by atoms with van der Waals surface area (Å²) in [6.07, 6.45) is 10.0. The van der Waals surface area contributed by atoms with Crippen LogP contribution in [0.3, 0.4) is 0 Å². The number of carboxylic acid groups (broad SMARTS) is 1. The molecule has 0 atom stereocenters. The van der Waals surface area contributed by atoms with Gasteiger partial charge in [-0.2, -0.15) is 6.08 Å². The molecule has 1 rings (SSSR count). The largest absolute Gasteiger partial charge is 2.00 e. The summed E-state index contributed by atoms with van der Waals surface area (Å²) in [6.45, 7) is 1.08. The molecule has 0 heterocycles. The summed E-state index contributed by atoms with van der Waals surface area (Å²) in [5.41, 5.74) is 0. The van der Waals surface area contributed by atoms with Crippen LogP contribution >= 0.6 is 0 Å². The molecule has 11 heavy (non-hydrogen) atoms. The minimum Gasteiger partial charge on any atom is -0.481 e. The number of allylic oxidation sites excluding steroid dienone is 4. The van der Waals surface area contributed by atoms with Gasteiger partial charge in [0.25, 0.3) is 5.97 Å². The van der Waals surface area contributed by atoms with Crippen molar-refractivity contribution in [1.29, 1.82) is 0 Å². The zero-order valence-electron chi connectivity index (χ0n) is 6.67. The fourth-order valence-electron chi connectivity index (χ4n) is 0.340. The molecule has 0 saturated heterocycles. The van der Waals surface area contributed by atoms with Gasteiger partial charge in [0.15, 0.2) is 0 Å². The van der Waals surface area contributed by atoms with Gasteiger partial charge in [-0.05, 0) is 0 Å². The van der Waals surface area contributed by atoms with Crippen molar-refractivity contribution >= 4 is 5.97 Å². The molecule has 0 fully saturated rings. The van der Waals surface area contributed by atoms with Crippen molar-refractivity contribution in [2.24, 2.45) is 0 Å². The SMILES string of the molecule is CC(=O)O.[C-]1=CC=CC1.[CH3-].[Mn+2]. The molecule has 1 N–H and O–H groups in total. The standard InChI is InChI=1S/C5H5.C2H4O2.CH3.Mn/c1-2-4-5-3-1;1-2(3)4;;/h1-3H,4H2;1H3,(H,3,4);1H3;/q-1;;-1;+2. The molecule has 0 amide bonds. The Hall–Kier alpha value is -0.531. The second kappa shape index (κ2) is 12.2. The normalized spacial score (nSPS) is 10.3. The summed E-state index contributed by atoms with van der Waals surface area (Å²) in [4.78, 5) is 9.00. The fourth-order valence-corrected chi connectivity index (χ4v) is 0.340. The van der Waals surface area contributed by atoms with E-state index < -0.39 is 5.97 Å². The van der Waals surface area contributed by atoms with Crippen LogP contribution in [0.25, 0.3) is 0 Å². The Bertz CT molecular complexity index is 125. The van der Waals surface area contributed by atoms with Gasteiger partial charge >= 0.3 is 17.1 Å². The van der Waals surface area contributed by atoms with Crippen molar-refractivity contribution in [1.82, 2.24) is 0 Å². The second-order valence-electron chi connectivity index (χ2n) is 1.52. The first-order valence-corrected chi connectivity index (χ1v) is 2.64. The minimum absolute atomic E-state index is 0. The first-order valence-electron chi connectivity index (χ1n) is 2.64. The number of rotatable bonds is 0. The number of carboxylic acids is 1. The van der Waals surface area contributed by atoms with Crippen LogP contribution in [0.1, 0.15) is 13.3 Å². The van der Waals surface area contributed by atoms with Crippen LogP contribution in [0.15, 0.2) is 18.2 Å². The molecule has 0 aromatic heterocycles. The first kappa shape index (κ1) is 16.8. The van der Waals surface area contributed by atoms with E-state index in [-0.39, 0.29) is 24.5 Å². The van der Waals surface area contributed by atoms with Crippen LogP contribution in [0.2, 0.25) is 0 Å². The first-order chi connectivity index (χ1) is 4.23. The van der Waals surface area contributed by atoms with Gasteiger partial charge in [0.05, 0.1) is 0 Å². The van der Waals surface area contributed by atoms with E-state index in [2.05, 4.69) is 12.2 Å². The molecule has 0 saturated carbocycles. The summed E-state index contributed by atoms with van der Waals surface area (Å²) >= 11 is 0. The molecule has 0 spiro atoms. The van der Waals surface area contributed by atoms with Crippen LogP contribution in [-0.4, -0.2) is 11.1 Å². The Kier molecular flexibility index (Phi) is 18.6. The third-order valence-electron chi connectivity index (χ3n) is 0.586. The average molecular weight is 195 g/mol. The molecular formula is C8H12MnO2. The Labute approximate surface area is 78.5 Å². The Balaban J connectivity index is -0.000000101. The maximum absolute atomic E-state index is 9.00. The van der Waals surface area contributed by atoms with E-state index in [1.165, 1.54) is 0 Å². The van der Waals surface area contributed by atoms with E-state index in [1.54, 1.807) is 0 Å². The Morgan fingerprint density at radius 1 is 1.64 bits per heavy atom. The maximum atomic E-state index is 9.00. The van der Waals surface area contributed by atoms with Crippen molar-refractivity contribution in [2.45, 2.75) is 13.3 Å². The van der Waals surface area contributed by atoms with Gasteiger partial charge in [0.1, 0.15) is 0 Å². The molecule has 1 aliphatic rings. The topological polar surface area (TPSA) is 37.3 Å². The molecule has 0 unspecified atom stereocenters.